The van der Waals surface area contributed by atoms with Crippen molar-refractivity contribution in [1.29, 1.82) is 0 Å². The van der Waals surface area contributed by atoms with Crippen LogP contribution in [0.5, 0.6) is 0 Å². The maximum absolute atomic E-state index is 11.4. The molecule has 0 aliphatic rings. The van der Waals surface area contributed by atoms with Gasteiger partial charge in [-0.1, -0.05) is 0 Å². The van der Waals surface area contributed by atoms with Crippen LogP contribution in [0.4, 0.5) is 0 Å². The summed E-state index contributed by atoms with van der Waals surface area (Å²) in [5, 5.41) is 2.72. The minimum Gasteiger partial charge on any atom is -0.465 e. The number of benzene rings is 1. The second-order valence-electron chi connectivity index (χ2n) is 3.65. The van der Waals surface area contributed by atoms with Crippen molar-refractivity contribution in [2.24, 2.45) is 0 Å². The van der Waals surface area contributed by atoms with E-state index in [9.17, 15) is 4.79 Å². The fourth-order valence-corrected chi connectivity index (χ4v) is 2.28. The van der Waals surface area contributed by atoms with E-state index < -0.39 is 0 Å². The first-order valence-corrected chi connectivity index (χ1v) is 6.14. The molecule has 5 nitrogen and oxygen atoms in total. The highest BCUT2D eigenvalue weighted by atomic mass is 32.1. The van der Waals surface area contributed by atoms with Crippen LogP contribution >= 0.6 is 11.3 Å². The molecule has 0 atom stereocenters. The maximum atomic E-state index is 11.4. The summed E-state index contributed by atoms with van der Waals surface area (Å²) in [6.45, 7) is 0. The second-order valence-corrected chi connectivity index (χ2v) is 4.54. The van der Waals surface area contributed by atoms with Crippen LogP contribution in [0.2, 0.25) is 0 Å². The Balaban J connectivity index is 2.10. The Morgan fingerprint density at radius 3 is 3.06 bits per heavy atom. The predicted octanol–water partition coefficient (Wildman–Crippen LogP) is 2.47. The molecular formula is C12H9N3O2S. The Bertz CT molecular complexity index is 703. The zero-order valence-electron chi connectivity index (χ0n) is 9.51. The Morgan fingerprint density at radius 2 is 2.33 bits per heavy atom. The molecule has 0 aliphatic heterocycles. The number of hydrogen-bond donors (Lipinski definition) is 1. The molecule has 1 aromatic carbocycles. The van der Waals surface area contributed by atoms with Crippen LogP contribution in [0.1, 0.15) is 10.4 Å². The van der Waals surface area contributed by atoms with E-state index in [0.29, 0.717) is 11.4 Å². The topological polar surface area (TPSA) is 67.9 Å². The zero-order chi connectivity index (χ0) is 12.5. The van der Waals surface area contributed by atoms with Crippen LogP contribution in [0.15, 0.2) is 29.8 Å². The lowest BCUT2D eigenvalue weighted by Gasteiger charge is -1.97. The normalized spacial score (nSPS) is 10.7. The Morgan fingerprint density at radius 1 is 1.44 bits per heavy atom. The number of nitrogens with zero attached hydrogens (tertiary/aromatic N) is 2. The minimum atomic E-state index is -0.359. The van der Waals surface area contributed by atoms with Crippen LogP contribution in [-0.4, -0.2) is 28.0 Å². The van der Waals surface area contributed by atoms with Gasteiger partial charge in [-0.3, -0.25) is 0 Å². The summed E-state index contributed by atoms with van der Waals surface area (Å²) in [6, 6.07) is 5.21. The van der Waals surface area contributed by atoms with Crippen molar-refractivity contribution < 1.29 is 9.53 Å². The molecule has 0 saturated heterocycles. The number of carbonyl (C=O) groups excluding carboxylic acids is 1. The summed E-state index contributed by atoms with van der Waals surface area (Å²) >= 11 is 1.51. The molecule has 6 heteroatoms. The van der Waals surface area contributed by atoms with Gasteiger partial charge in [0.15, 0.2) is 10.8 Å². The van der Waals surface area contributed by atoms with Crippen molar-refractivity contribution in [3.05, 3.63) is 35.3 Å². The fourth-order valence-electron chi connectivity index (χ4n) is 1.70. The minimum absolute atomic E-state index is 0.359. The fraction of sp³-hybridized carbons (Fsp3) is 0.0833. The van der Waals surface area contributed by atoms with Gasteiger partial charge in [0.05, 0.1) is 23.7 Å². The average molecular weight is 259 g/mol. The van der Waals surface area contributed by atoms with Gasteiger partial charge >= 0.3 is 5.97 Å². The van der Waals surface area contributed by atoms with E-state index in [4.69, 9.17) is 0 Å². The van der Waals surface area contributed by atoms with E-state index in [2.05, 4.69) is 19.7 Å². The molecule has 0 spiro atoms. The zero-order valence-corrected chi connectivity index (χ0v) is 10.3. The number of aromatic nitrogens is 3. The number of H-pyrrole nitrogens is 1. The number of esters is 1. The van der Waals surface area contributed by atoms with Gasteiger partial charge in [-0.2, -0.15) is 0 Å². The van der Waals surface area contributed by atoms with Gasteiger partial charge in [0.1, 0.15) is 0 Å². The quantitative estimate of drug-likeness (QED) is 0.718. The monoisotopic (exact) mass is 259 g/mol. The predicted molar refractivity (Wildman–Crippen MR) is 68.5 cm³/mol. The van der Waals surface area contributed by atoms with Gasteiger partial charge in [-0.15, -0.1) is 11.3 Å². The third-order valence-electron chi connectivity index (χ3n) is 2.54. The third kappa shape index (κ3) is 1.76. The van der Waals surface area contributed by atoms with Crippen molar-refractivity contribution >= 4 is 28.3 Å². The molecule has 18 heavy (non-hydrogen) atoms. The van der Waals surface area contributed by atoms with Crippen LogP contribution in [0, 0.1) is 0 Å². The van der Waals surface area contributed by atoms with Crippen molar-refractivity contribution in [2.75, 3.05) is 7.11 Å². The molecule has 2 aromatic heterocycles. The lowest BCUT2D eigenvalue weighted by Crippen LogP contribution is -2.00. The molecule has 0 saturated carbocycles. The van der Waals surface area contributed by atoms with Gasteiger partial charge in [-0.05, 0) is 18.2 Å². The van der Waals surface area contributed by atoms with Crippen molar-refractivity contribution in [2.45, 2.75) is 0 Å². The van der Waals surface area contributed by atoms with Gasteiger partial charge in [0.2, 0.25) is 0 Å². The maximum Gasteiger partial charge on any atom is 0.337 e. The highest BCUT2D eigenvalue weighted by molar-refractivity contribution is 7.13. The number of rotatable bonds is 2. The molecule has 1 N–H and O–H groups in total. The number of thiazole rings is 1. The summed E-state index contributed by atoms with van der Waals surface area (Å²) in [7, 11) is 1.36. The summed E-state index contributed by atoms with van der Waals surface area (Å²) in [6.07, 6.45) is 1.73. The number of aromatic amines is 1. The van der Waals surface area contributed by atoms with E-state index in [1.54, 1.807) is 24.4 Å². The summed E-state index contributed by atoms with van der Waals surface area (Å²) in [4.78, 5) is 23.2. The van der Waals surface area contributed by atoms with Crippen LogP contribution in [0.25, 0.3) is 21.9 Å². The lowest BCUT2D eigenvalue weighted by atomic mass is 10.2. The van der Waals surface area contributed by atoms with Crippen LogP contribution in [-0.2, 0) is 4.74 Å². The first kappa shape index (κ1) is 10.9. The standard InChI is InChI=1S/C12H9N3O2S/c1-17-12(16)7-2-3-8-9(6-7)15-10(14-8)11-13-4-5-18-11/h2-6H,1H3,(H,14,15). The molecule has 90 valence electrons. The molecule has 0 radical (unpaired) electrons. The first-order chi connectivity index (χ1) is 8.78. The second kappa shape index (κ2) is 4.23. The van der Waals surface area contributed by atoms with Gasteiger partial charge in [-0.25, -0.2) is 14.8 Å². The van der Waals surface area contributed by atoms with E-state index in [0.717, 1.165) is 16.0 Å². The molecule has 0 amide bonds. The Labute approximate surface area is 106 Å². The summed E-state index contributed by atoms with van der Waals surface area (Å²) in [5.74, 6) is 0.351. The number of fused-ring (bicyclic) bond motifs is 1. The molecule has 0 bridgehead atoms. The van der Waals surface area contributed by atoms with E-state index in [1.165, 1.54) is 18.4 Å². The number of methoxy groups -OCH3 is 1. The first-order valence-electron chi connectivity index (χ1n) is 5.26. The molecule has 0 aliphatic carbocycles. The largest absolute Gasteiger partial charge is 0.465 e. The van der Waals surface area contributed by atoms with Gasteiger partial charge in [0, 0.05) is 11.6 Å². The summed E-state index contributed by atoms with van der Waals surface area (Å²) in [5.41, 5.74) is 2.09. The molecule has 3 rings (SSSR count). The average Bonchev–Trinajstić information content (AvgIpc) is 3.04. The van der Waals surface area contributed by atoms with Crippen molar-refractivity contribution in [1.82, 2.24) is 15.0 Å². The van der Waals surface area contributed by atoms with Gasteiger partial charge in [0.25, 0.3) is 0 Å². The SMILES string of the molecule is COC(=O)c1ccc2nc(-c3nccs3)[nH]c2c1. The van der Waals surface area contributed by atoms with E-state index in [-0.39, 0.29) is 5.97 Å². The lowest BCUT2D eigenvalue weighted by molar-refractivity contribution is 0.0601. The van der Waals surface area contributed by atoms with Gasteiger partial charge < -0.3 is 9.72 Å². The molecule has 0 unspecified atom stereocenters. The van der Waals surface area contributed by atoms with E-state index in [1.807, 2.05) is 5.38 Å². The van der Waals surface area contributed by atoms with E-state index >= 15 is 0 Å². The molecule has 0 fully saturated rings. The highest BCUT2D eigenvalue weighted by Gasteiger charge is 2.10. The summed E-state index contributed by atoms with van der Waals surface area (Å²) < 4.78 is 4.68. The number of carbonyl (C=O) groups is 1. The Kier molecular flexibility index (Phi) is 2.56. The number of nitrogens with one attached hydrogen (secondary N) is 1. The Hall–Kier alpha value is -2.21. The molecule has 2 heterocycles. The number of ether oxygens (including phenoxy) is 1. The van der Waals surface area contributed by atoms with Crippen LogP contribution in [0.3, 0.4) is 0 Å². The smallest absolute Gasteiger partial charge is 0.337 e. The van der Waals surface area contributed by atoms with Crippen molar-refractivity contribution in [3.63, 3.8) is 0 Å². The number of hydrogen-bond acceptors (Lipinski definition) is 5. The number of imidazole rings is 1. The van der Waals surface area contributed by atoms with Crippen LogP contribution < -0.4 is 0 Å². The third-order valence-corrected chi connectivity index (χ3v) is 3.32. The highest BCUT2D eigenvalue weighted by Crippen LogP contribution is 2.22. The molecule has 3 aromatic rings. The molecular weight excluding hydrogens is 250 g/mol. The van der Waals surface area contributed by atoms with Crippen molar-refractivity contribution in [3.8, 4) is 10.8 Å².